The molecule has 0 aliphatic carbocycles. The van der Waals surface area contributed by atoms with Crippen LogP contribution in [0.25, 0.3) is 0 Å². The number of amides is 2. The molecular weight excluding hydrogens is 528 g/mol. The molecule has 4 heteroatoms. The molecule has 1 rings (SSSR count). The molecule has 1 unspecified atom stereocenters. The Labute approximate surface area is 269 Å². The Morgan fingerprint density at radius 1 is 0.512 bits per heavy atom. The summed E-state index contributed by atoms with van der Waals surface area (Å²) in [5.41, 5.74) is 0. The van der Waals surface area contributed by atoms with Crippen LogP contribution < -0.4 is 0 Å². The van der Waals surface area contributed by atoms with E-state index in [-0.39, 0.29) is 17.9 Å². The van der Waals surface area contributed by atoms with Gasteiger partial charge >= 0.3 is 0 Å². The number of imide groups is 1. The van der Waals surface area contributed by atoms with Crippen LogP contribution in [-0.4, -0.2) is 28.6 Å². The van der Waals surface area contributed by atoms with Crippen molar-refractivity contribution in [3.05, 3.63) is 0 Å². The summed E-state index contributed by atoms with van der Waals surface area (Å²) >= 11 is 0. The first-order chi connectivity index (χ1) is 21.2. The molecule has 252 valence electrons. The van der Waals surface area contributed by atoms with Gasteiger partial charge in [0.25, 0.3) is 5.91 Å². The molecule has 0 bridgehead atoms. The third-order valence-corrected chi connectivity index (χ3v) is 9.45. The maximum atomic E-state index is 13.0. The van der Waals surface area contributed by atoms with E-state index in [2.05, 4.69) is 18.8 Å². The number of unbranched alkanes of at least 4 members (excludes halogenated alkanes) is 27. The molecule has 0 N–H and O–H groups in total. The topological polar surface area (TPSA) is 49.7 Å². The number of nitrogens with zero attached hydrogens (tertiary/aromatic N) is 2. The molecule has 1 atom stereocenters. The zero-order chi connectivity index (χ0) is 31.2. The zero-order valence-electron chi connectivity index (χ0n) is 29.4. The van der Waals surface area contributed by atoms with Crippen molar-refractivity contribution in [1.29, 1.82) is 0 Å². The normalized spacial score (nSPS) is 15.0. The van der Waals surface area contributed by atoms with Crippen LogP contribution in [-0.2, 0) is 9.59 Å². The van der Waals surface area contributed by atoms with Crippen LogP contribution in [0.5, 0.6) is 0 Å². The van der Waals surface area contributed by atoms with E-state index in [0.717, 1.165) is 31.5 Å². The van der Waals surface area contributed by atoms with Gasteiger partial charge in [-0.05, 0) is 19.3 Å². The molecular formula is C39H74N2O2. The minimum absolute atomic E-state index is 0.0141. The van der Waals surface area contributed by atoms with Crippen molar-refractivity contribution in [2.24, 2.45) is 4.99 Å². The van der Waals surface area contributed by atoms with Gasteiger partial charge in [0.05, 0.1) is 0 Å². The summed E-state index contributed by atoms with van der Waals surface area (Å²) in [5.74, 6) is 0.662. The van der Waals surface area contributed by atoms with Crippen LogP contribution in [0, 0.1) is 0 Å². The summed E-state index contributed by atoms with van der Waals surface area (Å²) in [7, 11) is 0. The number of carbonyl (C=O) groups excluding carboxylic acids is 2. The van der Waals surface area contributed by atoms with E-state index in [0.29, 0.717) is 12.8 Å². The number of hydrogen-bond acceptors (Lipinski definition) is 3. The molecule has 2 amide bonds. The third kappa shape index (κ3) is 21.2. The van der Waals surface area contributed by atoms with E-state index in [1.54, 1.807) is 0 Å². The Kier molecular flexibility index (Phi) is 27.3. The molecule has 0 aromatic rings. The molecule has 0 saturated carbocycles. The van der Waals surface area contributed by atoms with Gasteiger partial charge in [-0.3, -0.25) is 14.6 Å². The number of carbonyl (C=O) groups is 2. The lowest BCUT2D eigenvalue weighted by molar-refractivity contribution is -0.139. The number of amidine groups is 1. The van der Waals surface area contributed by atoms with Gasteiger partial charge in [-0.15, -0.1) is 0 Å². The van der Waals surface area contributed by atoms with E-state index in [1.165, 1.54) is 172 Å². The van der Waals surface area contributed by atoms with Gasteiger partial charge in [-0.1, -0.05) is 194 Å². The quantitative estimate of drug-likeness (QED) is 0.0719. The highest BCUT2D eigenvalue weighted by molar-refractivity contribution is 6.17. The highest BCUT2D eigenvalue weighted by Crippen LogP contribution is 2.21. The predicted molar refractivity (Wildman–Crippen MR) is 188 cm³/mol. The van der Waals surface area contributed by atoms with E-state index in [1.807, 2.05) is 6.92 Å². The summed E-state index contributed by atoms with van der Waals surface area (Å²) in [6, 6.07) is -0.341. The van der Waals surface area contributed by atoms with Gasteiger partial charge in [-0.2, -0.15) is 0 Å². The van der Waals surface area contributed by atoms with Crippen LogP contribution >= 0.6 is 0 Å². The van der Waals surface area contributed by atoms with Gasteiger partial charge in [0, 0.05) is 12.8 Å². The standard InChI is InChI=1S/C39H74N2O2/c1-4-7-9-11-13-15-17-19-21-23-25-27-29-31-33-35-38(42)41-37(40-36(6-3)39(41)43)34-32-30-28-26-24-22-20-18-16-14-12-10-8-5-2/h36H,4-35H2,1-3H3. The van der Waals surface area contributed by atoms with Gasteiger partial charge in [0.2, 0.25) is 5.91 Å². The van der Waals surface area contributed by atoms with Crippen molar-refractivity contribution in [2.45, 2.75) is 232 Å². The van der Waals surface area contributed by atoms with Gasteiger partial charge < -0.3 is 0 Å². The molecule has 0 saturated heterocycles. The second kappa shape index (κ2) is 29.5. The average Bonchev–Trinajstić information content (AvgIpc) is 3.33. The number of hydrogen-bond donors (Lipinski definition) is 0. The Balaban J connectivity index is 2.06. The maximum Gasteiger partial charge on any atom is 0.259 e. The lowest BCUT2D eigenvalue weighted by atomic mass is 10.0. The summed E-state index contributed by atoms with van der Waals surface area (Å²) in [5, 5.41) is 0. The molecule has 4 nitrogen and oxygen atoms in total. The van der Waals surface area contributed by atoms with Crippen molar-refractivity contribution < 1.29 is 9.59 Å². The van der Waals surface area contributed by atoms with Crippen LogP contribution in [0.1, 0.15) is 226 Å². The number of aliphatic imine (C=N–C) groups is 1. The first-order valence-corrected chi connectivity index (χ1v) is 19.6. The van der Waals surface area contributed by atoms with Gasteiger partial charge in [0.15, 0.2) is 0 Å². The summed E-state index contributed by atoms with van der Waals surface area (Å²) in [4.78, 5) is 32.1. The van der Waals surface area contributed by atoms with E-state index in [9.17, 15) is 9.59 Å². The minimum atomic E-state index is -0.341. The third-order valence-electron chi connectivity index (χ3n) is 9.45. The largest absolute Gasteiger partial charge is 0.274 e. The highest BCUT2D eigenvalue weighted by Gasteiger charge is 2.36. The minimum Gasteiger partial charge on any atom is -0.274 e. The van der Waals surface area contributed by atoms with Crippen molar-refractivity contribution >= 4 is 17.6 Å². The Morgan fingerprint density at radius 2 is 0.837 bits per heavy atom. The fourth-order valence-corrected chi connectivity index (χ4v) is 6.52. The van der Waals surface area contributed by atoms with Crippen molar-refractivity contribution in [3.8, 4) is 0 Å². The summed E-state index contributed by atoms with van der Waals surface area (Å²) in [6.07, 6.45) is 40.4. The van der Waals surface area contributed by atoms with Crippen LogP contribution in [0.4, 0.5) is 0 Å². The SMILES string of the molecule is CCCCCCCCCCCCCCCCCC(=O)N1C(=O)C(CC)N=C1CCCCCCCCCCCCCCCC. The van der Waals surface area contributed by atoms with Crippen LogP contribution in [0.2, 0.25) is 0 Å². The maximum absolute atomic E-state index is 13.0. The number of rotatable bonds is 32. The second-order valence-corrected chi connectivity index (χ2v) is 13.6. The molecule has 0 aromatic heterocycles. The van der Waals surface area contributed by atoms with E-state index >= 15 is 0 Å². The van der Waals surface area contributed by atoms with Gasteiger partial charge in [-0.25, -0.2) is 4.90 Å². The molecule has 1 heterocycles. The zero-order valence-corrected chi connectivity index (χ0v) is 29.4. The molecule has 1 aliphatic heterocycles. The Morgan fingerprint density at radius 3 is 1.19 bits per heavy atom. The molecule has 43 heavy (non-hydrogen) atoms. The highest BCUT2D eigenvalue weighted by atomic mass is 16.2. The van der Waals surface area contributed by atoms with Crippen molar-refractivity contribution in [3.63, 3.8) is 0 Å². The predicted octanol–water partition coefficient (Wildman–Crippen LogP) is 12.7. The molecule has 0 aromatic carbocycles. The van der Waals surface area contributed by atoms with E-state index < -0.39 is 0 Å². The smallest absolute Gasteiger partial charge is 0.259 e. The fraction of sp³-hybridized carbons (Fsp3) is 0.923. The average molecular weight is 603 g/mol. The van der Waals surface area contributed by atoms with Gasteiger partial charge in [0.1, 0.15) is 11.9 Å². The lowest BCUT2D eigenvalue weighted by Gasteiger charge is -2.17. The first kappa shape index (κ1) is 39.8. The summed E-state index contributed by atoms with van der Waals surface area (Å²) in [6.45, 7) is 6.56. The van der Waals surface area contributed by atoms with Crippen molar-refractivity contribution in [1.82, 2.24) is 4.90 Å². The first-order valence-electron chi connectivity index (χ1n) is 19.6. The monoisotopic (exact) mass is 603 g/mol. The molecule has 0 fully saturated rings. The Hall–Kier alpha value is -1.19. The molecule has 1 aliphatic rings. The fourth-order valence-electron chi connectivity index (χ4n) is 6.52. The van der Waals surface area contributed by atoms with Crippen LogP contribution in [0.15, 0.2) is 4.99 Å². The lowest BCUT2D eigenvalue weighted by Crippen LogP contribution is -2.40. The molecule has 0 radical (unpaired) electrons. The summed E-state index contributed by atoms with van der Waals surface area (Å²) < 4.78 is 0. The van der Waals surface area contributed by atoms with E-state index in [4.69, 9.17) is 0 Å². The second-order valence-electron chi connectivity index (χ2n) is 13.6. The van der Waals surface area contributed by atoms with Crippen molar-refractivity contribution in [2.75, 3.05) is 0 Å². The van der Waals surface area contributed by atoms with Crippen LogP contribution in [0.3, 0.4) is 0 Å². The Bertz CT molecular complexity index is 689. The molecule has 0 spiro atoms.